The summed E-state index contributed by atoms with van der Waals surface area (Å²) in [4.78, 5) is 29.1. The molecule has 0 aliphatic rings. The van der Waals surface area contributed by atoms with Gasteiger partial charge in [0.2, 0.25) is 5.91 Å². The molecule has 0 radical (unpaired) electrons. The van der Waals surface area contributed by atoms with Gasteiger partial charge in [0.1, 0.15) is 0 Å². The van der Waals surface area contributed by atoms with Crippen molar-refractivity contribution in [3.05, 3.63) is 65.4 Å². The summed E-state index contributed by atoms with van der Waals surface area (Å²) in [5.74, 6) is -1.44. The number of aromatic carboxylic acids is 1. The standard InChI is InChI=1S/C21H22N2O3/c1-3-11-23(15-8-6-7-14(2)12-15)19(24)13-17-16-9-4-5-10-18(16)22-20(17)21(25)26/h4-10,12,22H,3,11,13H2,1-2H3,(H,25,26)/p-1. The zero-order chi connectivity index (χ0) is 18.7. The molecule has 0 bridgehead atoms. The van der Waals surface area contributed by atoms with E-state index in [0.29, 0.717) is 17.6 Å². The summed E-state index contributed by atoms with van der Waals surface area (Å²) in [7, 11) is 0. The number of benzene rings is 2. The molecular formula is C21H21N2O3-. The van der Waals surface area contributed by atoms with Gasteiger partial charge in [-0.2, -0.15) is 0 Å². The van der Waals surface area contributed by atoms with Crippen molar-refractivity contribution in [1.82, 2.24) is 4.98 Å². The van der Waals surface area contributed by atoms with Gasteiger partial charge in [0.15, 0.2) is 0 Å². The fraction of sp³-hybridized carbons (Fsp3) is 0.238. The van der Waals surface area contributed by atoms with Crippen LogP contribution in [0.1, 0.15) is 35.0 Å². The fourth-order valence-corrected chi connectivity index (χ4v) is 3.22. The molecule has 0 saturated carbocycles. The van der Waals surface area contributed by atoms with Crippen LogP contribution in [0.15, 0.2) is 48.5 Å². The minimum Gasteiger partial charge on any atom is -0.543 e. The molecule has 0 unspecified atom stereocenters. The molecular weight excluding hydrogens is 328 g/mol. The van der Waals surface area contributed by atoms with Crippen LogP contribution < -0.4 is 10.0 Å². The monoisotopic (exact) mass is 349 g/mol. The van der Waals surface area contributed by atoms with E-state index in [1.165, 1.54) is 0 Å². The lowest BCUT2D eigenvalue weighted by atomic mass is 10.1. The maximum Gasteiger partial charge on any atom is 0.231 e. The van der Waals surface area contributed by atoms with Crippen molar-refractivity contribution in [3.63, 3.8) is 0 Å². The summed E-state index contributed by atoms with van der Waals surface area (Å²) in [6.45, 7) is 4.56. The van der Waals surface area contributed by atoms with Gasteiger partial charge >= 0.3 is 0 Å². The number of rotatable bonds is 6. The number of carboxylic acid groups (broad SMARTS) is 1. The van der Waals surface area contributed by atoms with Gasteiger partial charge < -0.3 is 19.8 Å². The molecule has 134 valence electrons. The molecule has 0 spiro atoms. The minimum absolute atomic E-state index is 0.00126. The number of anilines is 1. The molecule has 5 nitrogen and oxygen atoms in total. The van der Waals surface area contributed by atoms with E-state index in [0.717, 1.165) is 23.1 Å². The SMILES string of the molecule is CCCN(C(=O)Cc1c(C(=O)[O-])[nH]c2ccccc12)c1cccc(C)c1. The molecule has 0 fully saturated rings. The zero-order valence-corrected chi connectivity index (χ0v) is 14.9. The molecule has 1 aromatic heterocycles. The predicted octanol–water partition coefficient (Wildman–Crippen LogP) is 2.83. The largest absolute Gasteiger partial charge is 0.543 e. The number of hydrogen-bond donors (Lipinski definition) is 1. The molecule has 0 aliphatic carbocycles. The quantitative estimate of drug-likeness (QED) is 0.743. The minimum atomic E-state index is -1.30. The summed E-state index contributed by atoms with van der Waals surface area (Å²) in [5, 5.41) is 12.3. The predicted molar refractivity (Wildman–Crippen MR) is 100 cm³/mol. The van der Waals surface area contributed by atoms with Gasteiger partial charge in [-0.15, -0.1) is 0 Å². The van der Waals surface area contributed by atoms with Gasteiger partial charge in [-0.3, -0.25) is 4.79 Å². The number of aryl methyl sites for hydroxylation is 1. The average molecular weight is 349 g/mol. The average Bonchev–Trinajstić information content (AvgIpc) is 2.98. The molecule has 1 amide bonds. The van der Waals surface area contributed by atoms with E-state index >= 15 is 0 Å². The number of carboxylic acids is 1. The van der Waals surface area contributed by atoms with Gasteiger partial charge in [-0.05, 0) is 42.7 Å². The first kappa shape index (κ1) is 17.7. The Morgan fingerprint density at radius 2 is 1.88 bits per heavy atom. The molecule has 0 atom stereocenters. The Morgan fingerprint density at radius 1 is 1.12 bits per heavy atom. The van der Waals surface area contributed by atoms with Crippen LogP contribution in [0.25, 0.3) is 10.9 Å². The number of H-pyrrole nitrogens is 1. The van der Waals surface area contributed by atoms with E-state index in [4.69, 9.17) is 0 Å². The molecule has 3 rings (SSSR count). The normalized spacial score (nSPS) is 10.8. The van der Waals surface area contributed by atoms with Crippen LogP contribution in [-0.2, 0) is 11.2 Å². The first-order valence-corrected chi connectivity index (χ1v) is 8.69. The Bertz CT molecular complexity index is 959. The second-order valence-corrected chi connectivity index (χ2v) is 6.37. The summed E-state index contributed by atoms with van der Waals surface area (Å²) in [6, 6.07) is 15.0. The topological polar surface area (TPSA) is 76.2 Å². The van der Waals surface area contributed by atoms with Crippen molar-refractivity contribution >= 4 is 28.5 Å². The van der Waals surface area contributed by atoms with E-state index in [2.05, 4.69) is 4.98 Å². The lowest BCUT2D eigenvalue weighted by Gasteiger charge is -2.23. The highest BCUT2D eigenvalue weighted by Gasteiger charge is 2.20. The Hall–Kier alpha value is -3.08. The summed E-state index contributed by atoms with van der Waals surface area (Å²) in [5.41, 5.74) is 3.03. The smallest absolute Gasteiger partial charge is 0.231 e. The third-order valence-electron chi connectivity index (χ3n) is 4.41. The second kappa shape index (κ2) is 7.44. The van der Waals surface area contributed by atoms with Gasteiger partial charge in [0.25, 0.3) is 0 Å². The van der Waals surface area contributed by atoms with E-state index in [1.54, 1.807) is 11.0 Å². The number of carbonyl (C=O) groups is 2. The molecule has 3 aromatic rings. The van der Waals surface area contributed by atoms with E-state index in [9.17, 15) is 14.7 Å². The molecule has 5 heteroatoms. The number of nitrogens with one attached hydrogen (secondary N) is 1. The first-order chi connectivity index (χ1) is 12.5. The maximum atomic E-state index is 13.0. The van der Waals surface area contributed by atoms with E-state index < -0.39 is 5.97 Å². The third kappa shape index (κ3) is 3.47. The molecule has 1 heterocycles. The van der Waals surface area contributed by atoms with Crippen LogP contribution in [0, 0.1) is 6.92 Å². The Balaban J connectivity index is 1.98. The molecule has 0 saturated heterocycles. The molecule has 2 aromatic carbocycles. The first-order valence-electron chi connectivity index (χ1n) is 8.69. The van der Waals surface area contributed by atoms with Gasteiger partial charge in [-0.25, -0.2) is 0 Å². The number of aromatic amines is 1. The Kier molecular flexibility index (Phi) is 5.07. The Morgan fingerprint density at radius 3 is 2.58 bits per heavy atom. The van der Waals surface area contributed by atoms with Crippen LogP contribution in [-0.4, -0.2) is 23.4 Å². The van der Waals surface area contributed by atoms with Crippen molar-refractivity contribution in [2.75, 3.05) is 11.4 Å². The third-order valence-corrected chi connectivity index (χ3v) is 4.41. The van der Waals surface area contributed by atoms with Gasteiger partial charge in [0.05, 0.1) is 18.1 Å². The molecule has 1 N–H and O–H groups in total. The molecule has 0 aliphatic heterocycles. The van der Waals surface area contributed by atoms with Gasteiger partial charge in [-0.1, -0.05) is 37.3 Å². The van der Waals surface area contributed by atoms with E-state index in [1.807, 2.05) is 56.3 Å². The van der Waals surface area contributed by atoms with Crippen molar-refractivity contribution < 1.29 is 14.7 Å². The number of carbonyl (C=O) groups excluding carboxylic acids is 2. The zero-order valence-electron chi connectivity index (χ0n) is 14.9. The van der Waals surface area contributed by atoms with Crippen molar-refractivity contribution in [2.24, 2.45) is 0 Å². The van der Waals surface area contributed by atoms with Crippen LogP contribution >= 0.6 is 0 Å². The van der Waals surface area contributed by atoms with Crippen LogP contribution in [0.3, 0.4) is 0 Å². The number of para-hydroxylation sites is 1. The highest BCUT2D eigenvalue weighted by atomic mass is 16.4. The lowest BCUT2D eigenvalue weighted by Crippen LogP contribution is -2.34. The number of amides is 1. The number of hydrogen-bond acceptors (Lipinski definition) is 3. The summed E-state index contributed by atoms with van der Waals surface area (Å²) >= 11 is 0. The molecule has 26 heavy (non-hydrogen) atoms. The second-order valence-electron chi connectivity index (χ2n) is 6.37. The van der Waals surface area contributed by atoms with Crippen LogP contribution in [0.2, 0.25) is 0 Å². The van der Waals surface area contributed by atoms with Crippen LogP contribution in [0.4, 0.5) is 5.69 Å². The summed E-state index contributed by atoms with van der Waals surface area (Å²) in [6.07, 6.45) is 0.808. The number of nitrogens with zero attached hydrogens (tertiary/aromatic N) is 1. The van der Waals surface area contributed by atoms with Crippen molar-refractivity contribution in [3.8, 4) is 0 Å². The number of aromatic nitrogens is 1. The Labute approximate surface area is 152 Å². The van der Waals surface area contributed by atoms with Crippen LogP contribution in [0.5, 0.6) is 0 Å². The van der Waals surface area contributed by atoms with Gasteiger partial charge in [0, 0.05) is 23.1 Å². The van der Waals surface area contributed by atoms with E-state index in [-0.39, 0.29) is 18.0 Å². The highest BCUT2D eigenvalue weighted by molar-refractivity contribution is 6.02. The maximum absolute atomic E-state index is 13.0. The highest BCUT2D eigenvalue weighted by Crippen LogP contribution is 2.25. The number of fused-ring (bicyclic) bond motifs is 1. The fourth-order valence-electron chi connectivity index (χ4n) is 3.22. The summed E-state index contributed by atoms with van der Waals surface area (Å²) < 4.78 is 0. The lowest BCUT2D eigenvalue weighted by molar-refractivity contribution is -0.255. The van der Waals surface area contributed by atoms with Crippen molar-refractivity contribution in [2.45, 2.75) is 26.7 Å². The van der Waals surface area contributed by atoms with Crippen molar-refractivity contribution in [1.29, 1.82) is 0 Å².